The maximum atomic E-state index is 10.9. The van der Waals surface area contributed by atoms with E-state index < -0.39 is 0 Å². The first kappa shape index (κ1) is 9.99. The molecule has 0 fully saturated rings. The van der Waals surface area contributed by atoms with E-state index in [4.69, 9.17) is 11.6 Å². The summed E-state index contributed by atoms with van der Waals surface area (Å²) in [5.41, 5.74) is 1.95. The molecule has 1 aromatic heterocycles. The molecule has 0 radical (unpaired) electrons. The molecule has 0 aliphatic heterocycles. The summed E-state index contributed by atoms with van der Waals surface area (Å²) < 4.78 is 0. The summed E-state index contributed by atoms with van der Waals surface area (Å²) in [4.78, 5) is 15.1. The number of alkyl halides is 1. The lowest BCUT2D eigenvalue weighted by atomic mass is 10.2. The van der Waals surface area contributed by atoms with Gasteiger partial charge in [0.1, 0.15) is 11.7 Å². The van der Waals surface area contributed by atoms with Gasteiger partial charge in [0, 0.05) is 5.69 Å². The number of hydrogen-bond donors (Lipinski definition) is 1. The molecule has 1 amide bonds. The molecule has 0 aliphatic carbocycles. The van der Waals surface area contributed by atoms with Gasteiger partial charge in [-0.05, 0) is 31.5 Å². The molecule has 1 heterocycles. The topological polar surface area (TPSA) is 42.0 Å². The maximum Gasteiger partial charge on any atom is 0.240 e. The summed E-state index contributed by atoms with van der Waals surface area (Å²) in [6.45, 7) is 3.83. The van der Waals surface area contributed by atoms with Gasteiger partial charge in [0.2, 0.25) is 5.91 Å². The number of carbonyl (C=O) groups excluding carboxylic acids is 1. The SMILES string of the molecule is Cc1cc(C)nc(NC(=O)CCl)c1. The van der Waals surface area contributed by atoms with Crippen molar-refractivity contribution in [3.63, 3.8) is 0 Å². The molecule has 70 valence electrons. The maximum absolute atomic E-state index is 10.9. The Bertz CT molecular complexity index is 305. The third-order valence-electron chi connectivity index (χ3n) is 1.49. The van der Waals surface area contributed by atoms with Gasteiger partial charge < -0.3 is 5.32 Å². The fourth-order valence-electron chi connectivity index (χ4n) is 1.08. The summed E-state index contributed by atoms with van der Waals surface area (Å²) in [7, 11) is 0. The van der Waals surface area contributed by atoms with Crippen LogP contribution < -0.4 is 5.32 Å². The van der Waals surface area contributed by atoms with E-state index in [1.54, 1.807) is 6.07 Å². The predicted molar refractivity (Wildman–Crippen MR) is 53.1 cm³/mol. The van der Waals surface area contributed by atoms with Crippen molar-refractivity contribution in [1.82, 2.24) is 4.98 Å². The molecule has 0 aromatic carbocycles. The number of anilines is 1. The first-order valence-electron chi connectivity index (χ1n) is 3.93. The van der Waals surface area contributed by atoms with Gasteiger partial charge in [-0.2, -0.15) is 0 Å². The number of nitrogens with one attached hydrogen (secondary N) is 1. The Kier molecular flexibility index (Phi) is 3.25. The van der Waals surface area contributed by atoms with Gasteiger partial charge in [0.05, 0.1) is 0 Å². The summed E-state index contributed by atoms with van der Waals surface area (Å²) in [5.74, 6) is 0.275. The molecular weight excluding hydrogens is 188 g/mol. The predicted octanol–water partition coefficient (Wildman–Crippen LogP) is 1.88. The number of pyridine rings is 1. The van der Waals surface area contributed by atoms with Crippen LogP contribution in [0.2, 0.25) is 0 Å². The molecule has 0 unspecified atom stereocenters. The highest BCUT2D eigenvalue weighted by Crippen LogP contribution is 2.08. The van der Waals surface area contributed by atoms with E-state index >= 15 is 0 Å². The number of aromatic nitrogens is 1. The minimum absolute atomic E-state index is 0.0470. The van der Waals surface area contributed by atoms with Crippen LogP contribution in [0.5, 0.6) is 0 Å². The zero-order chi connectivity index (χ0) is 9.84. The third-order valence-corrected chi connectivity index (χ3v) is 1.73. The minimum atomic E-state index is -0.237. The van der Waals surface area contributed by atoms with Gasteiger partial charge in [0.25, 0.3) is 0 Å². The largest absolute Gasteiger partial charge is 0.310 e. The highest BCUT2D eigenvalue weighted by Gasteiger charge is 2.01. The highest BCUT2D eigenvalue weighted by atomic mass is 35.5. The van der Waals surface area contributed by atoms with Crippen molar-refractivity contribution in [2.24, 2.45) is 0 Å². The Morgan fingerprint density at radius 1 is 1.54 bits per heavy atom. The fraction of sp³-hybridized carbons (Fsp3) is 0.333. The molecule has 4 heteroatoms. The number of halogens is 1. The molecule has 0 atom stereocenters. The fourth-order valence-corrected chi connectivity index (χ4v) is 1.15. The lowest BCUT2D eigenvalue weighted by Gasteiger charge is -2.04. The van der Waals surface area contributed by atoms with Crippen molar-refractivity contribution in [2.75, 3.05) is 11.2 Å². The van der Waals surface area contributed by atoms with Crippen LogP contribution in [0.3, 0.4) is 0 Å². The Morgan fingerprint density at radius 3 is 2.77 bits per heavy atom. The highest BCUT2D eigenvalue weighted by molar-refractivity contribution is 6.28. The van der Waals surface area contributed by atoms with Crippen molar-refractivity contribution in [3.8, 4) is 0 Å². The minimum Gasteiger partial charge on any atom is -0.310 e. The van der Waals surface area contributed by atoms with Gasteiger partial charge in [-0.3, -0.25) is 4.79 Å². The molecule has 13 heavy (non-hydrogen) atoms. The standard InChI is InChI=1S/C9H11ClN2O/c1-6-3-7(2)11-8(4-6)12-9(13)5-10/h3-4H,5H2,1-2H3,(H,11,12,13). The van der Waals surface area contributed by atoms with Gasteiger partial charge in [0.15, 0.2) is 0 Å². The molecule has 0 saturated carbocycles. The van der Waals surface area contributed by atoms with Crippen molar-refractivity contribution < 1.29 is 4.79 Å². The lowest BCUT2D eigenvalue weighted by molar-refractivity contribution is -0.113. The second-order valence-corrected chi connectivity index (χ2v) is 3.12. The van der Waals surface area contributed by atoms with Crippen LogP contribution in [0.15, 0.2) is 12.1 Å². The van der Waals surface area contributed by atoms with Crippen LogP contribution in [-0.2, 0) is 4.79 Å². The first-order chi connectivity index (χ1) is 6.11. The number of rotatable bonds is 2. The zero-order valence-corrected chi connectivity index (χ0v) is 8.35. The van der Waals surface area contributed by atoms with E-state index in [1.807, 2.05) is 19.9 Å². The van der Waals surface area contributed by atoms with Crippen LogP contribution in [0, 0.1) is 13.8 Å². The van der Waals surface area contributed by atoms with Crippen LogP contribution in [0.25, 0.3) is 0 Å². The Labute approximate surface area is 82.1 Å². The second-order valence-electron chi connectivity index (χ2n) is 2.85. The van der Waals surface area contributed by atoms with E-state index in [9.17, 15) is 4.79 Å². The molecule has 3 nitrogen and oxygen atoms in total. The van der Waals surface area contributed by atoms with E-state index in [0.29, 0.717) is 5.82 Å². The first-order valence-corrected chi connectivity index (χ1v) is 4.46. The summed E-state index contributed by atoms with van der Waals surface area (Å²) >= 11 is 5.34. The number of amides is 1. The van der Waals surface area contributed by atoms with E-state index in [2.05, 4.69) is 10.3 Å². The average Bonchev–Trinajstić information content (AvgIpc) is 2.02. The molecule has 1 N–H and O–H groups in total. The molecular formula is C9H11ClN2O. The third kappa shape index (κ3) is 3.03. The molecule has 0 aliphatic rings. The van der Waals surface area contributed by atoms with Gasteiger partial charge in [-0.1, -0.05) is 0 Å². The van der Waals surface area contributed by atoms with Gasteiger partial charge in [-0.15, -0.1) is 11.6 Å². The van der Waals surface area contributed by atoms with Gasteiger partial charge >= 0.3 is 0 Å². The average molecular weight is 199 g/mol. The second kappa shape index (κ2) is 4.23. The zero-order valence-electron chi connectivity index (χ0n) is 7.60. The van der Waals surface area contributed by atoms with Crippen LogP contribution in [-0.4, -0.2) is 16.8 Å². The Morgan fingerprint density at radius 2 is 2.23 bits per heavy atom. The monoisotopic (exact) mass is 198 g/mol. The van der Waals surface area contributed by atoms with Crippen molar-refractivity contribution in [2.45, 2.75) is 13.8 Å². The van der Waals surface area contributed by atoms with Crippen molar-refractivity contribution >= 4 is 23.3 Å². The molecule has 1 aromatic rings. The van der Waals surface area contributed by atoms with Crippen LogP contribution in [0.4, 0.5) is 5.82 Å². The number of aryl methyl sites for hydroxylation is 2. The molecule has 0 saturated heterocycles. The molecule has 1 rings (SSSR count). The summed E-state index contributed by atoms with van der Waals surface area (Å²) in [6.07, 6.45) is 0. The Hall–Kier alpha value is -1.09. The van der Waals surface area contributed by atoms with E-state index in [-0.39, 0.29) is 11.8 Å². The summed E-state index contributed by atoms with van der Waals surface area (Å²) in [5, 5.41) is 2.59. The Balaban J connectivity index is 2.83. The van der Waals surface area contributed by atoms with Gasteiger partial charge in [-0.25, -0.2) is 4.98 Å². The number of nitrogens with zero attached hydrogens (tertiary/aromatic N) is 1. The summed E-state index contributed by atoms with van der Waals surface area (Å²) in [6, 6.07) is 3.74. The van der Waals surface area contributed by atoms with E-state index in [0.717, 1.165) is 11.3 Å². The van der Waals surface area contributed by atoms with Crippen LogP contribution in [0.1, 0.15) is 11.3 Å². The normalized spacial score (nSPS) is 9.77. The smallest absolute Gasteiger partial charge is 0.240 e. The molecule has 0 spiro atoms. The van der Waals surface area contributed by atoms with E-state index in [1.165, 1.54) is 0 Å². The molecule has 0 bridgehead atoms. The number of hydrogen-bond acceptors (Lipinski definition) is 2. The van der Waals surface area contributed by atoms with Crippen molar-refractivity contribution in [1.29, 1.82) is 0 Å². The van der Waals surface area contributed by atoms with Crippen molar-refractivity contribution in [3.05, 3.63) is 23.4 Å². The lowest BCUT2D eigenvalue weighted by Crippen LogP contribution is -2.13. The number of carbonyl (C=O) groups is 1. The van der Waals surface area contributed by atoms with Crippen LogP contribution >= 0.6 is 11.6 Å². The quantitative estimate of drug-likeness (QED) is 0.738.